The molecule has 2 aromatic carbocycles. The molecule has 1 heterocycles. The molecule has 31 heavy (non-hydrogen) atoms. The summed E-state index contributed by atoms with van der Waals surface area (Å²) in [5.41, 5.74) is 2.29. The molecule has 1 aliphatic heterocycles. The second-order valence-corrected chi connectivity index (χ2v) is 8.76. The molecule has 0 spiro atoms. The molecule has 1 N–H and O–H groups in total. The van der Waals surface area contributed by atoms with Gasteiger partial charge in [0.05, 0.1) is 32.0 Å². The van der Waals surface area contributed by atoms with Gasteiger partial charge in [-0.25, -0.2) is 4.39 Å². The molecule has 0 amide bonds. The van der Waals surface area contributed by atoms with Gasteiger partial charge in [0, 0.05) is 19.6 Å². The predicted molar refractivity (Wildman–Crippen MR) is 116 cm³/mol. The van der Waals surface area contributed by atoms with E-state index in [1.807, 2.05) is 30.3 Å². The Kier molecular flexibility index (Phi) is 6.17. The van der Waals surface area contributed by atoms with E-state index >= 15 is 4.39 Å². The number of nitrogens with zero attached hydrogens (tertiary/aromatic N) is 2. The minimum atomic E-state index is -1.27. The Morgan fingerprint density at radius 2 is 1.87 bits per heavy atom. The van der Waals surface area contributed by atoms with Crippen LogP contribution in [0.25, 0.3) is 0 Å². The van der Waals surface area contributed by atoms with E-state index in [0.717, 1.165) is 23.2 Å². The van der Waals surface area contributed by atoms with Gasteiger partial charge >= 0.3 is 0 Å². The Morgan fingerprint density at radius 3 is 2.55 bits per heavy atom. The highest BCUT2D eigenvalue weighted by atomic mass is 19.1. The summed E-state index contributed by atoms with van der Waals surface area (Å²) in [5.74, 6) is 1.08. The second-order valence-electron chi connectivity index (χ2n) is 8.76. The average Bonchev–Trinajstić information content (AvgIpc) is 3.08. The van der Waals surface area contributed by atoms with Crippen molar-refractivity contribution in [3.63, 3.8) is 0 Å². The van der Waals surface area contributed by atoms with E-state index < -0.39 is 11.8 Å². The molecule has 4 rings (SSSR count). The van der Waals surface area contributed by atoms with Crippen molar-refractivity contribution < 1.29 is 19.0 Å². The summed E-state index contributed by atoms with van der Waals surface area (Å²) < 4.78 is 26.4. The van der Waals surface area contributed by atoms with E-state index in [-0.39, 0.29) is 5.92 Å². The van der Waals surface area contributed by atoms with Crippen molar-refractivity contribution in [3.05, 3.63) is 58.7 Å². The van der Waals surface area contributed by atoms with Gasteiger partial charge in [-0.3, -0.25) is 4.90 Å². The lowest BCUT2D eigenvalue weighted by Crippen LogP contribution is -2.42. The van der Waals surface area contributed by atoms with Gasteiger partial charge < -0.3 is 14.6 Å². The molecular weight excluding hydrogens is 395 g/mol. The number of hydrogen-bond donors (Lipinski definition) is 1. The number of fused-ring (bicyclic) bond motifs is 1. The number of aliphatic hydroxyl groups is 1. The summed E-state index contributed by atoms with van der Waals surface area (Å²) in [6.45, 7) is 2.07. The van der Waals surface area contributed by atoms with Crippen LogP contribution in [0.1, 0.15) is 47.6 Å². The van der Waals surface area contributed by atoms with Crippen molar-refractivity contribution in [2.24, 2.45) is 5.92 Å². The summed E-state index contributed by atoms with van der Waals surface area (Å²) in [6.07, 6.45) is 1.22. The van der Waals surface area contributed by atoms with Gasteiger partial charge in [0.25, 0.3) is 0 Å². The van der Waals surface area contributed by atoms with Crippen LogP contribution in [0.2, 0.25) is 0 Å². The molecule has 0 saturated carbocycles. The molecule has 2 unspecified atom stereocenters. The zero-order valence-electron chi connectivity index (χ0n) is 18.1. The van der Waals surface area contributed by atoms with E-state index in [2.05, 4.69) is 11.0 Å². The summed E-state index contributed by atoms with van der Waals surface area (Å²) >= 11 is 0. The van der Waals surface area contributed by atoms with Gasteiger partial charge in [-0.15, -0.1) is 0 Å². The maximum absolute atomic E-state index is 15.7. The standard InChI is InChI=1S/C25H29FN2O3/c1-30-22-12-19-11-20(24(29)21(19)13-23(22)31-2)14-25(26)6-8-28(9-7-25)16-18-5-3-4-17(10-18)15-27/h3-5,10,12-13,20,24,29H,6-9,11,14,16H2,1-2H3. The second kappa shape index (κ2) is 8.86. The molecule has 5 nitrogen and oxygen atoms in total. The fourth-order valence-electron chi connectivity index (χ4n) is 5.00. The number of methoxy groups -OCH3 is 2. The van der Waals surface area contributed by atoms with Gasteiger partial charge in [-0.05, 0) is 72.6 Å². The van der Waals surface area contributed by atoms with Crippen molar-refractivity contribution >= 4 is 0 Å². The van der Waals surface area contributed by atoms with Crippen LogP contribution in [0.5, 0.6) is 11.5 Å². The fraction of sp³-hybridized carbons (Fsp3) is 0.480. The third-order valence-corrected chi connectivity index (χ3v) is 6.74. The largest absolute Gasteiger partial charge is 0.493 e. The summed E-state index contributed by atoms with van der Waals surface area (Å²) in [4.78, 5) is 2.24. The quantitative estimate of drug-likeness (QED) is 0.754. The highest BCUT2D eigenvalue weighted by molar-refractivity contribution is 5.50. The highest BCUT2D eigenvalue weighted by Gasteiger charge is 2.42. The van der Waals surface area contributed by atoms with E-state index in [1.165, 1.54) is 0 Å². The number of hydrogen-bond acceptors (Lipinski definition) is 5. The topological polar surface area (TPSA) is 65.7 Å². The van der Waals surface area contributed by atoms with E-state index in [9.17, 15) is 5.11 Å². The lowest BCUT2D eigenvalue weighted by atomic mass is 9.82. The first-order chi connectivity index (χ1) is 14.9. The first-order valence-corrected chi connectivity index (χ1v) is 10.8. The Balaban J connectivity index is 1.37. The molecule has 164 valence electrons. The third kappa shape index (κ3) is 4.53. The summed E-state index contributed by atoms with van der Waals surface area (Å²) in [6, 6.07) is 13.5. The number of halogens is 1. The van der Waals surface area contributed by atoms with Crippen LogP contribution < -0.4 is 9.47 Å². The molecule has 0 radical (unpaired) electrons. The molecule has 2 aromatic rings. The average molecular weight is 425 g/mol. The normalized spacial score (nSPS) is 22.5. The molecule has 1 saturated heterocycles. The number of likely N-dealkylation sites (tertiary alicyclic amines) is 1. The number of rotatable bonds is 6. The lowest BCUT2D eigenvalue weighted by molar-refractivity contribution is 0.00932. The zero-order chi connectivity index (χ0) is 22.0. The molecule has 1 aliphatic carbocycles. The van der Waals surface area contributed by atoms with Crippen LogP contribution in [0.4, 0.5) is 4.39 Å². The maximum Gasteiger partial charge on any atom is 0.161 e. The van der Waals surface area contributed by atoms with Crippen LogP contribution in [0.15, 0.2) is 36.4 Å². The third-order valence-electron chi connectivity index (χ3n) is 6.74. The van der Waals surface area contributed by atoms with Gasteiger partial charge in [0.2, 0.25) is 0 Å². The molecule has 2 aliphatic rings. The van der Waals surface area contributed by atoms with Gasteiger partial charge in [0.1, 0.15) is 5.67 Å². The first kappa shape index (κ1) is 21.6. The van der Waals surface area contributed by atoms with Crippen LogP contribution in [0.3, 0.4) is 0 Å². The maximum atomic E-state index is 15.7. The number of alkyl halides is 1. The molecule has 0 bridgehead atoms. The van der Waals surface area contributed by atoms with Crippen molar-refractivity contribution in [3.8, 4) is 17.6 Å². The monoisotopic (exact) mass is 424 g/mol. The van der Waals surface area contributed by atoms with Crippen LogP contribution >= 0.6 is 0 Å². The minimum absolute atomic E-state index is 0.143. The van der Waals surface area contributed by atoms with Crippen molar-refractivity contribution in [1.29, 1.82) is 5.26 Å². The Morgan fingerprint density at radius 1 is 1.16 bits per heavy atom. The Hall–Kier alpha value is -2.62. The molecule has 6 heteroatoms. The SMILES string of the molecule is COc1cc2c(cc1OC)C(O)C(CC1(F)CCN(Cc3cccc(C#N)c3)CC1)C2. The predicted octanol–water partition coefficient (Wildman–Crippen LogP) is 4.18. The van der Waals surface area contributed by atoms with Crippen LogP contribution in [0, 0.1) is 17.2 Å². The van der Waals surface area contributed by atoms with Gasteiger partial charge in [0.15, 0.2) is 11.5 Å². The molecule has 0 aromatic heterocycles. The first-order valence-electron chi connectivity index (χ1n) is 10.8. The van der Waals surface area contributed by atoms with Gasteiger partial charge in [-0.1, -0.05) is 12.1 Å². The van der Waals surface area contributed by atoms with Crippen LogP contribution in [-0.4, -0.2) is 43.0 Å². The van der Waals surface area contributed by atoms with Crippen LogP contribution in [-0.2, 0) is 13.0 Å². The summed E-state index contributed by atoms with van der Waals surface area (Å²) in [7, 11) is 3.16. The Bertz CT molecular complexity index is 979. The van der Waals surface area contributed by atoms with Crippen molar-refractivity contribution in [2.75, 3.05) is 27.3 Å². The van der Waals surface area contributed by atoms with Crippen molar-refractivity contribution in [2.45, 2.75) is 44.0 Å². The molecular formula is C25H29FN2O3. The van der Waals surface area contributed by atoms with Gasteiger partial charge in [-0.2, -0.15) is 5.26 Å². The summed E-state index contributed by atoms with van der Waals surface area (Å²) in [5, 5.41) is 19.9. The number of nitriles is 1. The smallest absolute Gasteiger partial charge is 0.161 e. The zero-order valence-corrected chi connectivity index (χ0v) is 18.1. The molecule has 1 fully saturated rings. The highest BCUT2D eigenvalue weighted by Crippen LogP contribution is 2.46. The van der Waals surface area contributed by atoms with E-state index in [4.69, 9.17) is 14.7 Å². The lowest BCUT2D eigenvalue weighted by Gasteiger charge is -2.38. The van der Waals surface area contributed by atoms with E-state index in [0.29, 0.717) is 55.8 Å². The van der Waals surface area contributed by atoms with E-state index in [1.54, 1.807) is 20.3 Å². The minimum Gasteiger partial charge on any atom is -0.493 e. The van der Waals surface area contributed by atoms with Crippen molar-refractivity contribution in [1.82, 2.24) is 4.90 Å². The number of piperidine rings is 1. The Labute approximate surface area is 183 Å². The fourth-order valence-corrected chi connectivity index (χ4v) is 5.00. The number of benzene rings is 2. The number of ether oxygens (including phenoxy) is 2. The molecule has 2 atom stereocenters. The number of aliphatic hydroxyl groups excluding tert-OH is 1.